The lowest BCUT2D eigenvalue weighted by Gasteiger charge is -2.40. The van der Waals surface area contributed by atoms with Crippen LogP contribution in [0.4, 0.5) is 4.79 Å². The molecule has 0 radical (unpaired) electrons. The molecule has 0 aromatic heterocycles. The lowest BCUT2D eigenvalue weighted by Crippen LogP contribution is -2.51. The Bertz CT molecular complexity index is 644. The zero-order valence-corrected chi connectivity index (χ0v) is 15.4. The van der Waals surface area contributed by atoms with Crippen LogP contribution in [0.2, 0.25) is 0 Å². The molecular weight excluding hydrogens is 316 g/mol. The van der Waals surface area contributed by atoms with Gasteiger partial charge in [-0.1, -0.05) is 18.2 Å². The van der Waals surface area contributed by atoms with Gasteiger partial charge in [0.2, 0.25) is 5.91 Å². The van der Waals surface area contributed by atoms with Crippen LogP contribution in [-0.4, -0.2) is 43.1 Å². The SMILES string of the molecule is COC(=O)NC1CC(C(=O)N2CCC(c3cccc(C)c3C)CC2)C1. The van der Waals surface area contributed by atoms with Crippen molar-refractivity contribution in [3.63, 3.8) is 0 Å². The van der Waals surface area contributed by atoms with E-state index in [1.54, 1.807) is 0 Å². The molecule has 25 heavy (non-hydrogen) atoms. The lowest BCUT2D eigenvalue weighted by molar-refractivity contribution is -0.140. The number of carbonyl (C=O) groups is 2. The second-order valence-electron chi connectivity index (χ2n) is 7.39. The molecule has 1 aliphatic heterocycles. The minimum absolute atomic E-state index is 0.0550. The molecule has 0 bridgehead atoms. The number of piperidine rings is 1. The van der Waals surface area contributed by atoms with Gasteiger partial charge >= 0.3 is 6.09 Å². The Hall–Kier alpha value is -2.04. The number of rotatable bonds is 3. The summed E-state index contributed by atoms with van der Waals surface area (Å²) in [7, 11) is 1.36. The van der Waals surface area contributed by atoms with Gasteiger partial charge in [0.1, 0.15) is 0 Å². The quantitative estimate of drug-likeness (QED) is 0.916. The van der Waals surface area contributed by atoms with Crippen molar-refractivity contribution >= 4 is 12.0 Å². The Kier molecular flexibility index (Phi) is 5.30. The molecule has 1 aromatic rings. The summed E-state index contributed by atoms with van der Waals surface area (Å²) in [4.78, 5) is 25.8. The van der Waals surface area contributed by atoms with Crippen LogP contribution < -0.4 is 5.32 Å². The summed E-state index contributed by atoms with van der Waals surface area (Å²) in [6.07, 6.45) is 3.11. The highest BCUT2D eigenvalue weighted by Crippen LogP contribution is 2.34. The zero-order chi connectivity index (χ0) is 18.0. The van der Waals surface area contributed by atoms with Gasteiger partial charge in [-0.2, -0.15) is 0 Å². The van der Waals surface area contributed by atoms with Gasteiger partial charge in [0.25, 0.3) is 0 Å². The molecule has 2 fully saturated rings. The van der Waals surface area contributed by atoms with Crippen molar-refractivity contribution in [3.05, 3.63) is 34.9 Å². The molecule has 3 rings (SSSR count). The van der Waals surface area contributed by atoms with E-state index in [1.165, 1.54) is 23.8 Å². The van der Waals surface area contributed by atoms with E-state index in [1.807, 2.05) is 4.90 Å². The van der Waals surface area contributed by atoms with Crippen molar-refractivity contribution in [2.24, 2.45) is 5.92 Å². The van der Waals surface area contributed by atoms with Gasteiger partial charge in [-0.25, -0.2) is 4.79 Å². The van der Waals surface area contributed by atoms with Gasteiger partial charge in [0.15, 0.2) is 0 Å². The third-order valence-corrected chi connectivity index (χ3v) is 5.89. The van der Waals surface area contributed by atoms with E-state index in [0.29, 0.717) is 5.92 Å². The first kappa shape index (κ1) is 17.8. The number of methoxy groups -OCH3 is 1. The Morgan fingerprint density at radius 2 is 1.84 bits per heavy atom. The number of amides is 2. The summed E-state index contributed by atoms with van der Waals surface area (Å²) in [5, 5.41) is 2.76. The van der Waals surface area contributed by atoms with Crippen molar-refractivity contribution in [3.8, 4) is 0 Å². The summed E-state index contributed by atoms with van der Waals surface area (Å²) in [5.41, 5.74) is 4.18. The number of benzene rings is 1. The van der Waals surface area contributed by atoms with Crippen LogP contribution >= 0.6 is 0 Å². The van der Waals surface area contributed by atoms with Crippen molar-refractivity contribution in [1.82, 2.24) is 10.2 Å². The summed E-state index contributed by atoms with van der Waals surface area (Å²) < 4.78 is 4.60. The highest BCUT2D eigenvalue weighted by atomic mass is 16.5. The number of hydrogen-bond acceptors (Lipinski definition) is 3. The molecule has 1 saturated heterocycles. The summed E-state index contributed by atoms with van der Waals surface area (Å²) in [6, 6.07) is 6.61. The van der Waals surface area contributed by atoms with Crippen LogP contribution in [-0.2, 0) is 9.53 Å². The van der Waals surface area contributed by atoms with Crippen LogP contribution in [0.25, 0.3) is 0 Å². The van der Waals surface area contributed by atoms with Gasteiger partial charge in [0.05, 0.1) is 7.11 Å². The molecule has 1 saturated carbocycles. The zero-order valence-electron chi connectivity index (χ0n) is 15.4. The Morgan fingerprint density at radius 1 is 1.16 bits per heavy atom. The topological polar surface area (TPSA) is 58.6 Å². The Balaban J connectivity index is 1.49. The smallest absolute Gasteiger partial charge is 0.407 e. The molecule has 1 heterocycles. The average Bonchev–Trinajstić information content (AvgIpc) is 2.59. The maximum absolute atomic E-state index is 12.6. The van der Waals surface area contributed by atoms with Gasteiger partial charge in [-0.05, 0) is 62.1 Å². The van der Waals surface area contributed by atoms with Crippen molar-refractivity contribution in [2.45, 2.75) is 51.5 Å². The van der Waals surface area contributed by atoms with Crippen LogP contribution in [0.15, 0.2) is 18.2 Å². The molecule has 1 aromatic carbocycles. The largest absolute Gasteiger partial charge is 0.453 e. The van der Waals surface area contributed by atoms with E-state index < -0.39 is 6.09 Å². The van der Waals surface area contributed by atoms with Crippen LogP contribution in [0, 0.1) is 19.8 Å². The standard InChI is InChI=1S/C20H28N2O3/c1-13-5-4-6-18(14(13)2)15-7-9-22(10-8-15)19(23)16-11-17(12-16)21-20(24)25-3/h4-6,15-17H,7-12H2,1-3H3,(H,21,24). The van der Waals surface area contributed by atoms with E-state index >= 15 is 0 Å². The molecule has 1 aliphatic carbocycles. The molecule has 5 nitrogen and oxygen atoms in total. The minimum atomic E-state index is -0.412. The predicted octanol–water partition coefficient (Wildman–Crippen LogP) is 3.14. The number of nitrogens with one attached hydrogen (secondary N) is 1. The molecule has 2 aliphatic rings. The van der Waals surface area contributed by atoms with Gasteiger partial charge in [-0.15, -0.1) is 0 Å². The Labute approximate surface area is 149 Å². The second kappa shape index (κ2) is 7.46. The van der Waals surface area contributed by atoms with Crippen molar-refractivity contribution in [1.29, 1.82) is 0 Å². The van der Waals surface area contributed by atoms with Crippen LogP contribution in [0.5, 0.6) is 0 Å². The van der Waals surface area contributed by atoms with Gasteiger partial charge in [-0.3, -0.25) is 4.79 Å². The molecule has 136 valence electrons. The molecule has 1 N–H and O–H groups in total. The summed E-state index contributed by atoms with van der Waals surface area (Å²) in [6.45, 7) is 6.03. The second-order valence-corrected chi connectivity index (χ2v) is 7.39. The van der Waals surface area contributed by atoms with E-state index in [9.17, 15) is 9.59 Å². The number of hydrogen-bond donors (Lipinski definition) is 1. The first-order valence-corrected chi connectivity index (χ1v) is 9.19. The number of nitrogens with zero attached hydrogens (tertiary/aromatic N) is 1. The van der Waals surface area contributed by atoms with E-state index in [-0.39, 0.29) is 17.9 Å². The first-order valence-electron chi connectivity index (χ1n) is 9.19. The highest BCUT2D eigenvalue weighted by Gasteiger charge is 2.38. The number of likely N-dealkylation sites (tertiary alicyclic amines) is 1. The van der Waals surface area contributed by atoms with E-state index in [2.05, 4.69) is 42.1 Å². The van der Waals surface area contributed by atoms with Crippen LogP contribution in [0.3, 0.4) is 0 Å². The minimum Gasteiger partial charge on any atom is -0.453 e. The van der Waals surface area contributed by atoms with E-state index in [4.69, 9.17) is 0 Å². The van der Waals surface area contributed by atoms with E-state index in [0.717, 1.165) is 38.8 Å². The number of carbonyl (C=O) groups excluding carboxylic acids is 2. The molecule has 0 unspecified atom stereocenters. The number of aryl methyl sites for hydroxylation is 1. The van der Waals surface area contributed by atoms with Gasteiger partial charge in [0, 0.05) is 25.0 Å². The molecular formula is C20H28N2O3. The molecule has 0 atom stereocenters. The summed E-state index contributed by atoms with van der Waals surface area (Å²) in [5.74, 6) is 0.862. The van der Waals surface area contributed by atoms with Crippen LogP contribution in [0.1, 0.15) is 48.3 Å². The maximum atomic E-state index is 12.6. The average molecular weight is 344 g/mol. The normalized spacial score (nSPS) is 23.7. The monoisotopic (exact) mass is 344 g/mol. The highest BCUT2D eigenvalue weighted by molar-refractivity contribution is 5.80. The molecule has 2 amide bonds. The molecule has 0 spiro atoms. The predicted molar refractivity (Wildman–Crippen MR) is 96.5 cm³/mol. The lowest BCUT2D eigenvalue weighted by atomic mass is 9.78. The van der Waals surface area contributed by atoms with Gasteiger partial charge < -0.3 is 15.0 Å². The fourth-order valence-electron chi connectivity index (χ4n) is 4.05. The summed E-state index contributed by atoms with van der Waals surface area (Å²) >= 11 is 0. The Morgan fingerprint density at radius 3 is 2.48 bits per heavy atom. The maximum Gasteiger partial charge on any atom is 0.407 e. The number of ether oxygens (including phenoxy) is 1. The fraction of sp³-hybridized carbons (Fsp3) is 0.600. The third-order valence-electron chi connectivity index (χ3n) is 5.89. The van der Waals surface area contributed by atoms with Crippen molar-refractivity contribution < 1.29 is 14.3 Å². The first-order chi connectivity index (χ1) is 12.0. The fourth-order valence-corrected chi connectivity index (χ4v) is 4.05. The third kappa shape index (κ3) is 3.80. The van der Waals surface area contributed by atoms with Crippen molar-refractivity contribution in [2.75, 3.05) is 20.2 Å². The number of alkyl carbamates (subject to hydrolysis) is 1. The molecule has 5 heteroatoms.